The molecular weight excluding hydrogens is 443 g/mol. The summed E-state index contributed by atoms with van der Waals surface area (Å²) in [5.74, 6) is -0.222. The second-order valence-corrected chi connectivity index (χ2v) is 10.1. The SMILES string of the molecule is Cc1cc(OCC(=O)N2CCN(S(=O)(=O)c3ccccc3F)CC2)c(C(C)C)cc1Cl. The van der Waals surface area contributed by atoms with Gasteiger partial charge in [-0.15, -0.1) is 0 Å². The van der Waals surface area contributed by atoms with Crippen molar-refractivity contribution in [3.8, 4) is 5.75 Å². The van der Waals surface area contributed by atoms with Crippen LogP contribution in [0.3, 0.4) is 0 Å². The van der Waals surface area contributed by atoms with Crippen LogP contribution in [0.15, 0.2) is 41.3 Å². The van der Waals surface area contributed by atoms with Crippen LogP contribution in [0, 0.1) is 12.7 Å². The number of amides is 1. The summed E-state index contributed by atoms with van der Waals surface area (Å²) in [6, 6.07) is 8.97. The van der Waals surface area contributed by atoms with E-state index in [2.05, 4.69) is 0 Å². The lowest BCUT2D eigenvalue weighted by Crippen LogP contribution is -2.51. The first-order chi connectivity index (χ1) is 14.6. The van der Waals surface area contributed by atoms with Gasteiger partial charge in [0.2, 0.25) is 10.0 Å². The van der Waals surface area contributed by atoms with Crippen LogP contribution in [-0.4, -0.2) is 56.3 Å². The fourth-order valence-corrected chi connectivity index (χ4v) is 5.11. The van der Waals surface area contributed by atoms with Crippen LogP contribution in [-0.2, 0) is 14.8 Å². The fourth-order valence-electron chi connectivity index (χ4n) is 3.45. The Labute approximate surface area is 187 Å². The van der Waals surface area contributed by atoms with Gasteiger partial charge in [0.25, 0.3) is 5.91 Å². The van der Waals surface area contributed by atoms with Gasteiger partial charge in [-0.05, 0) is 48.2 Å². The van der Waals surface area contributed by atoms with E-state index in [9.17, 15) is 17.6 Å². The predicted octanol–water partition coefficient (Wildman–Crippen LogP) is 3.82. The molecule has 168 valence electrons. The van der Waals surface area contributed by atoms with Crippen molar-refractivity contribution in [3.05, 3.63) is 58.4 Å². The predicted molar refractivity (Wildman–Crippen MR) is 118 cm³/mol. The molecule has 31 heavy (non-hydrogen) atoms. The molecule has 0 spiro atoms. The topological polar surface area (TPSA) is 66.9 Å². The average Bonchev–Trinajstić information content (AvgIpc) is 2.74. The van der Waals surface area contributed by atoms with Crippen LogP contribution < -0.4 is 4.74 Å². The van der Waals surface area contributed by atoms with Crippen molar-refractivity contribution >= 4 is 27.5 Å². The summed E-state index contributed by atoms with van der Waals surface area (Å²) in [6.45, 7) is 6.38. The van der Waals surface area contributed by atoms with Gasteiger partial charge in [-0.25, -0.2) is 12.8 Å². The van der Waals surface area contributed by atoms with E-state index in [1.807, 2.05) is 32.9 Å². The molecule has 2 aromatic carbocycles. The average molecular weight is 469 g/mol. The molecule has 0 aromatic heterocycles. The second kappa shape index (κ2) is 9.54. The number of sulfonamides is 1. The van der Waals surface area contributed by atoms with Crippen molar-refractivity contribution in [1.29, 1.82) is 0 Å². The zero-order chi connectivity index (χ0) is 22.8. The number of ether oxygens (including phenoxy) is 1. The maximum absolute atomic E-state index is 14.0. The highest BCUT2D eigenvalue weighted by atomic mass is 35.5. The normalized spacial score (nSPS) is 15.4. The van der Waals surface area contributed by atoms with Crippen LogP contribution in [0.5, 0.6) is 5.75 Å². The van der Waals surface area contributed by atoms with Gasteiger partial charge in [0.1, 0.15) is 16.5 Å². The number of halogens is 2. The Balaban J connectivity index is 1.62. The lowest BCUT2D eigenvalue weighted by Gasteiger charge is -2.34. The van der Waals surface area contributed by atoms with E-state index in [0.717, 1.165) is 17.2 Å². The summed E-state index contributed by atoms with van der Waals surface area (Å²) in [6.07, 6.45) is 0. The molecule has 1 heterocycles. The third-order valence-electron chi connectivity index (χ3n) is 5.31. The molecule has 9 heteroatoms. The molecule has 1 aliphatic rings. The number of benzene rings is 2. The van der Waals surface area contributed by atoms with Gasteiger partial charge in [0, 0.05) is 31.2 Å². The lowest BCUT2D eigenvalue weighted by molar-refractivity contribution is -0.134. The van der Waals surface area contributed by atoms with Crippen molar-refractivity contribution in [2.24, 2.45) is 0 Å². The molecule has 0 radical (unpaired) electrons. The van der Waals surface area contributed by atoms with Crippen LogP contribution in [0.2, 0.25) is 5.02 Å². The Kier molecular flexibility index (Phi) is 7.24. The van der Waals surface area contributed by atoms with E-state index in [4.69, 9.17) is 16.3 Å². The molecule has 1 amide bonds. The molecule has 0 bridgehead atoms. The number of carbonyl (C=O) groups is 1. The van der Waals surface area contributed by atoms with E-state index in [1.165, 1.54) is 22.5 Å². The monoisotopic (exact) mass is 468 g/mol. The zero-order valence-electron chi connectivity index (χ0n) is 17.8. The molecule has 0 N–H and O–H groups in total. The molecular formula is C22H26ClFN2O4S. The quantitative estimate of drug-likeness (QED) is 0.646. The van der Waals surface area contributed by atoms with Crippen molar-refractivity contribution in [2.75, 3.05) is 32.8 Å². The van der Waals surface area contributed by atoms with E-state index < -0.39 is 15.8 Å². The summed E-state index contributed by atoms with van der Waals surface area (Å²) in [5, 5.41) is 0.648. The first kappa shape index (κ1) is 23.5. The first-order valence-corrected chi connectivity index (χ1v) is 11.9. The summed E-state index contributed by atoms with van der Waals surface area (Å²) in [5.41, 5.74) is 1.78. The summed E-state index contributed by atoms with van der Waals surface area (Å²) < 4.78 is 46.4. The molecule has 6 nitrogen and oxygen atoms in total. The smallest absolute Gasteiger partial charge is 0.260 e. The maximum Gasteiger partial charge on any atom is 0.260 e. The van der Waals surface area contributed by atoms with Crippen LogP contribution in [0.4, 0.5) is 4.39 Å². The van der Waals surface area contributed by atoms with Gasteiger partial charge in [-0.3, -0.25) is 4.79 Å². The lowest BCUT2D eigenvalue weighted by atomic mass is 10.0. The Hall–Kier alpha value is -2.16. The van der Waals surface area contributed by atoms with Crippen molar-refractivity contribution in [2.45, 2.75) is 31.6 Å². The molecule has 2 aromatic rings. The molecule has 1 saturated heterocycles. The Bertz CT molecular complexity index is 1070. The van der Waals surface area contributed by atoms with E-state index in [-0.39, 0.29) is 49.5 Å². The van der Waals surface area contributed by atoms with E-state index in [0.29, 0.717) is 10.8 Å². The summed E-state index contributed by atoms with van der Waals surface area (Å²) >= 11 is 6.21. The van der Waals surface area contributed by atoms with E-state index >= 15 is 0 Å². The third kappa shape index (κ3) is 5.19. The van der Waals surface area contributed by atoms with Crippen LogP contribution >= 0.6 is 11.6 Å². The van der Waals surface area contributed by atoms with Gasteiger partial charge < -0.3 is 9.64 Å². The Morgan fingerprint density at radius 2 is 1.81 bits per heavy atom. The van der Waals surface area contributed by atoms with Crippen molar-refractivity contribution in [1.82, 2.24) is 9.21 Å². The summed E-state index contributed by atoms with van der Waals surface area (Å²) in [7, 11) is -3.94. The molecule has 1 fully saturated rings. The fraction of sp³-hybridized carbons (Fsp3) is 0.409. The minimum atomic E-state index is -3.94. The maximum atomic E-state index is 14.0. The van der Waals surface area contributed by atoms with Gasteiger partial charge in [-0.2, -0.15) is 4.31 Å². The Morgan fingerprint density at radius 3 is 2.42 bits per heavy atom. The van der Waals surface area contributed by atoms with Gasteiger partial charge in [0.15, 0.2) is 6.61 Å². The highest BCUT2D eigenvalue weighted by Gasteiger charge is 2.31. The molecule has 0 saturated carbocycles. The standard InChI is InChI=1S/C22H26ClFN2O4S/c1-15(2)17-13-18(23)16(3)12-20(17)30-14-22(27)25-8-10-26(11-9-25)31(28,29)21-7-5-4-6-19(21)24/h4-7,12-13,15H,8-11,14H2,1-3H3. The largest absolute Gasteiger partial charge is 0.483 e. The van der Waals surface area contributed by atoms with Gasteiger partial charge in [0.05, 0.1) is 0 Å². The van der Waals surface area contributed by atoms with E-state index in [1.54, 1.807) is 4.90 Å². The molecule has 0 atom stereocenters. The first-order valence-electron chi connectivity index (χ1n) is 10.1. The highest BCUT2D eigenvalue weighted by molar-refractivity contribution is 7.89. The number of hydrogen-bond acceptors (Lipinski definition) is 4. The highest BCUT2D eigenvalue weighted by Crippen LogP contribution is 2.32. The summed E-state index contributed by atoms with van der Waals surface area (Å²) in [4.78, 5) is 13.8. The van der Waals surface area contributed by atoms with Crippen molar-refractivity contribution in [3.63, 3.8) is 0 Å². The number of aryl methyl sites for hydroxylation is 1. The molecule has 0 aliphatic carbocycles. The zero-order valence-corrected chi connectivity index (χ0v) is 19.3. The number of nitrogens with zero attached hydrogens (tertiary/aromatic N) is 2. The number of hydrogen-bond donors (Lipinski definition) is 0. The third-order valence-corrected chi connectivity index (χ3v) is 7.65. The molecule has 0 unspecified atom stereocenters. The van der Waals surface area contributed by atoms with Crippen molar-refractivity contribution < 1.29 is 22.3 Å². The second-order valence-electron chi connectivity index (χ2n) is 7.80. The van der Waals surface area contributed by atoms with Gasteiger partial charge >= 0.3 is 0 Å². The Morgan fingerprint density at radius 1 is 1.16 bits per heavy atom. The minimum Gasteiger partial charge on any atom is -0.483 e. The number of piperazine rings is 1. The minimum absolute atomic E-state index is 0.0969. The van der Waals surface area contributed by atoms with Crippen LogP contribution in [0.25, 0.3) is 0 Å². The van der Waals surface area contributed by atoms with Crippen LogP contribution in [0.1, 0.15) is 30.9 Å². The number of carbonyl (C=O) groups excluding carboxylic acids is 1. The van der Waals surface area contributed by atoms with Gasteiger partial charge in [-0.1, -0.05) is 37.6 Å². The molecule has 3 rings (SSSR count). The number of rotatable bonds is 6. The molecule has 1 aliphatic heterocycles.